The quantitative estimate of drug-likeness (QED) is 0.668. The minimum Gasteiger partial charge on any atom is -0.495 e. The predicted octanol–water partition coefficient (Wildman–Crippen LogP) is 1.65. The summed E-state index contributed by atoms with van der Waals surface area (Å²) < 4.78 is 11.7. The molecule has 1 heterocycles. The zero-order chi connectivity index (χ0) is 14.4. The minimum atomic E-state index is 0.599. The van der Waals surface area contributed by atoms with Gasteiger partial charge >= 0.3 is 0 Å². The van der Waals surface area contributed by atoms with Gasteiger partial charge in [0.05, 0.1) is 24.8 Å². The summed E-state index contributed by atoms with van der Waals surface area (Å²) in [7, 11) is 1.68. The highest BCUT2D eigenvalue weighted by atomic mass is 79.9. The van der Waals surface area contributed by atoms with Crippen LogP contribution in [0, 0.1) is 0 Å². The Hall–Kier alpha value is -1.27. The Bertz CT molecular complexity index is 473. The molecule has 5 nitrogen and oxygen atoms in total. The summed E-state index contributed by atoms with van der Waals surface area (Å²) in [5.41, 5.74) is 7.12. The molecule has 1 aliphatic heterocycles. The second-order valence-corrected chi connectivity index (χ2v) is 5.38. The molecule has 0 bridgehead atoms. The molecule has 20 heavy (non-hydrogen) atoms. The number of halogens is 1. The maximum Gasteiger partial charge on any atom is 0.191 e. The molecule has 0 atom stereocenters. The lowest BCUT2D eigenvalue weighted by Gasteiger charge is -2.27. The van der Waals surface area contributed by atoms with Crippen molar-refractivity contribution in [2.75, 3.05) is 40.0 Å². The van der Waals surface area contributed by atoms with E-state index in [1.165, 1.54) is 0 Å². The van der Waals surface area contributed by atoms with Gasteiger partial charge in [0.25, 0.3) is 0 Å². The molecule has 0 radical (unpaired) electrons. The van der Waals surface area contributed by atoms with Crippen LogP contribution in [0.5, 0.6) is 5.75 Å². The fourth-order valence-electron chi connectivity index (χ4n) is 2.16. The van der Waals surface area contributed by atoms with E-state index in [-0.39, 0.29) is 0 Å². The van der Waals surface area contributed by atoms with Crippen LogP contribution in [0.1, 0.15) is 5.56 Å². The van der Waals surface area contributed by atoms with Crippen molar-refractivity contribution in [2.45, 2.75) is 6.42 Å². The summed E-state index contributed by atoms with van der Waals surface area (Å²) in [5.74, 6) is 1.47. The second-order valence-electron chi connectivity index (χ2n) is 4.52. The lowest BCUT2D eigenvalue weighted by atomic mass is 10.1. The van der Waals surface area contributed by atoms with Gasteiger partial charge in [-0.25, -0.2) is 0 Å². The molecule has 110 valence electrons. The molecule has 6 heteroatoms. The van der Waals surface area contributed by atoms with Crippen molar-refractivity contribution in [3.05, 3.63) is 28.2 Å². The number of benzene rings is 1. The molecule has 0 unspecified atom stereocenters. The van der Waals surface area contributed by atoms with Crippen LogP contribution >= 0.6 is 15.9 Å². The van der Waals surface area contributed by atoms with E-state index in [4.69, 9.17) is 15.2 Å². The van der Waals surface area contributed by atoms with E-state index in [0.717, 1.165) is 48.5 Å². The number of nitrogens with two attached hydrogens (primary N) is 1. The van der Waals surface area contributed by atoms with Crippen LogP contribution in [0.15, 0.2) is 27.7 Å². The van der Waals surface area contributed by atoms with Crippen LogP contribution in [-0.2, 0) is 11.2 Å². The molecule has 0 aliphatic carbocycles. The molecule has 2 N–H and O–H groups in total. The van der Waals surface area contributed by atoms with Crippen LogP contribution in [0.3, 0.4) is 0 Å². The highest BCUT2D eigenvalue weighted by Crippen LogP contribution is 2.28. The number of aliphatic imine (C=N–C) groups is 1. The number of hydrogen-bond donors (Lipinski definition) is 1. The van der Waals surface area contributed by atoms with Gasteiger partial charge in [-0.2, -0.15) is 0 Å². The third-order valence-corrected chi connectivity index (χ3v) is 3.87. The fraction of sp³-hybridized carbons (Fsp3) is 0.500. The van der Waals surface area contributed by atoms with Crippen molar-refractivity contribution in [1.82, 2.24) is 4.90 Å². The zero-order valence-corrected chi connectivity index (χ0v) is 13.2. The first kappa shape index (κ1) is 15.1. The molecule has 0 amide bonds. The first-order chi connectivity index (χ1) is 9.72. The van der Waals surface area contributed by atoms with Gasteiger partial charge in [-0.15, -0.1) is 0 Å². The third-order valence-electron chi connectivity index (χ3n) is 3.24. The fourth-order valence-corrected chi connectivity index (χ4v) is 2.73. The van der Waals surface area contributed by atoms with Gasteiger partial charge in [0, 0.05) is 19.6 Å². The number of ether oxygens (including phenoxy) is 2. The van der Waals surface area contributed by atoms with E-state index >= 15 is 0 Å². The van der Waals surface area contributed by atoms with E-state index in [9.17, 15) is 0 Å². The van der Waals surface area contributed by atoms with Crippen molar-refractivity contribution in [1.29, 1.82) is 0 Å². The van der Waals surface area contributed by atoms with Crippen LogP contribution in [0.4, 0.5) is 0 Å². The first-order valence-corrected chi connectivity index (χ1v) is 7.45. The number of nitrogens with zero attached hydrogens (tertiary/aromatic N) is 2. The number of guanidine groups is 1. The number of morpholine rings is 1. The summed E-state index contributed by atoms with van der Waals surface area (Å²) in [6.45, 7) is 3.71. The van der Waals surface area contributed by atoms with Gasteiger partial charge in [-0.1, -0.05) is 12.1 Å². The number of para-hydroxylation sites is 1. The van der Waals surface area contributed by atoms with E-state index in [0.29, 0.717) is 12.5 Å². The number of hydrogen-bond acceptors (Lipinski definition) is 3. The van der Waals surface area contributed by atoms with Crippen molar-refractivity contribution in [3.63, 3.8) is 0 Å². The normalized spacial score (nSPS) is 16.3. The molecule has 1 aliphatic rings. The van der Waals surface area contributed by atoms with Gasteiger partial charge in [-0.3, -0.25) is 4.99 Å². The van der Waals surface area contributed by atoms with E-state index in [1.807, 2.05) is 18.2 Å². The van der Waals surface area contributed by atoms with Crippen LogP contribution in [0.25, 0.3) is 0 Å². The Labute approximate surface area is 127 Å². The van der Waals surface area contributed by atoms with Crippen LogP contribution < -0.4 is 10.5 Å². The largest absolute Gasteiger partial charge is 0.495 e. The predicted molar refractivity (Wildman–Crippen MR) is 83.3 cm³/mol. The van der Waals surface area contributed by atoms with Crippen molar-refractivity contribution < 1.29 is 9.47 Å². The Morgan fingerprint density at radius 2 is 2.20 bits per heavy atom. The van der Waals surface area contributed by atoms with Crippen molar-refractivity contribution in [2.24, 2.45) is 10.7 Å². The van der Waals surface area contributed by atoms with Gasteiger partial charge in [0.1, 0.15) is 5.75 Å². The second kappa shape index (κ2) is 7.50. The smallest absolute Gasteiger partial charge is 0.191 e. The van der Waals surface area contributed by atoms with E-state index < -0.39 is 0 Å². The highest BCUT2D eigenvalue weighted by Gasteiger charge is 2.12. The standard InChI is InChI=1S/C14H20BrN3O2/c1-19-13-11(3-2-4-12(13)15)5-6-17-14(16)18-7-9-20-10-8-18/h2-4H,5-10H2,1H3,(H2,16,17). The molecule has 0 saturated carbocycles. The Morgan fingerprint density at radius 1 is 1.45 bits per heavy atom. The summed E-state index contributed by atoms with van der Waals surface area (Å²) >= 11 is 3.48. The topological polar surface area (TPSA) is 60.1 Å². The Morgan fingerprint density at radius 3 is 2.90 bits per heavy atom. The average molecular weight is 342 g/mol. The number of methoxy groups -OCH3 is 1. The lowest BCUT2D eigenvalue weighted by Crippen LogP contribution is -2.44. The van der Waals surface area contributed by atoms with Gasteiger partial charge < -0.3 is 20.1 Å². The molecule has 0 spiro atoms. The van der Waals surface area contributed by atoms with Gasteiger partial charge in [-0.05, 0) is 34.0 Å². The minimum absolute atomic E-state index is 0.599. The van der Waals surface area contributed by atoms with E-state index in [1.54, 1.807) is 7.11 Å². The molecular weight excluding hydrogens is 322 g/mol. The lowest BCUT2D eigenvalue weighted by molar-refractivity contribution is 0.0674. The molecule has 0 aromatic heterocycles. The molecule has 1 aromatic carbocycles. The van der Waals surface area contributed by atoms with Gasteiger partial charge in [0.15, 0.2) is 5.96 Å². The zero-order valence-electron chi connectivity index (χ0n) is 11.6. The maximum absolute atomic E-state index is 5.99. The summed E-state index contributed by atoms with van der Waals surface area (Å²) in [5, 5.41) is 0. The molecule has 1 aromatic rings. The van der Waals surface area contributed by atoms with Crippen LogP contribution in [0.2, 0.25) is 0 Å². The molecular formula is C14H20BrN3O2. The maximum atomic E-state index is 5.99. The van der Waals surface area contributed by atoms with Crippen molar-refractivity contribution >= 4 is 21.9 Å². The summed E-state index contributed by atoms with van der Waals surface area (Å²) in [6, 6.07) is 6.01. The number of rotatable bonds is 4. The molecule has 2 rings (SSSR count). The Balaban J connectivity index is 1.93. The third kappa shape index (κ3) is 3.86. The molecule has 1 fully saturated rings. The SMILES string of the molecule is COc1c(Br)cccc1CCN=C(N)N1CCOCC1. The monoisotopic (exact) mass is 341 g/mol. The van der Waals surface area contributed by atoms with Crippen molar-refractivity contribution in [3.8, 4) is 5.75 Å². The first-order valence-electron chi connectivity index (χ1n) is 6.66. The summed E-state index contributed by atoms with van der Waals surface area (Å²) in [4.78, 5) is 6.50. The van der Waals surface area contributed by atoms with Gasteiger partial charge in [0.2, 0.25) is 0 Å². The Kier molecular flexibility index (Phi) is 5.67. The molecule has 1 saturated heterocycles. The highest BCUT2D eigenvalue weighted by molar-refractivity contribution is 9.10. The summed E-state index contributed by atoms with van der Waals surface area (Å²) in [6.07, 6.45) is 0.799. The van der Waals surface area contributed by atoms with Crippen LogP contribution in [-0.4, -0.2) is 50.8 Å². The van der Waals surface area contributed by atoms with E-state index in [2.05, 4.69) is 25.8 Å². The average Bonchev–Trinajstić information content (AvgIpc) is 2.48.